The number of carbonyl (C=O) groups is 2. The monoisotopic (exact) mass is 397 g/mol. The molecule has 0 saturated heterocycles. The number of carbonyl (C=O) groups excluding carboxylic acids is 2. The largest absolute Gasteiger partial charge is 0.448 e. The molecule has 1 amide bonds. The van der Waals surface area contributed by atoms with Gasteiger partial charge < -0.3 is 9.64 Å². The van der Waals surface area contributed by atoms with E-state index in [1.807, 2.05) is 0 Å². The number of hydrogen-bond acceptors (Lipinski definition) is 5. The topological polar surface area (TPSA) is 81.5 Å². The number of ether oxygens (including phenoxy) is 1. The normalized spacial score (nSPS) is 12.4. The van der Waals surface area contributed by atoms with E-state index in [2.05, 4.69) is 5.10 Å². The summed E-state index contributed by atoms with van der Waals surface area (Å²) in [6.45, 7) is 2.70. The molecule has 28 heavy (non-hydrogen) atoms. The average Bonchev–Trinajstić information content (AvgIpc) is 2.60. The molecule has 0 aliphatic carbocycles. The van der Waals surface area contributed by atoms with Crippen LogP contribution in [0, 0.1) is 6.92 Å². The van der Waals surface area contributed by atoms with Gasteiger partial charge in [0, 0.05) is 25.9 Å². The molecule has 1 atom stereocenters. The first-order valence-electron chi connectivity index (χ1n) is 8.13. The van der Waals surface area contributed by atoms with E-state index < -0.39 is 40.8 Å². The van der Waals surface area contributed by atoms with Gasteiger partial charge in [0.2, 0.25) is 11.1 Å². The van der Waals surface area contributed by atoms with E-state index in [9.17, 15) is 27.6 Å². The lowest BCUT2D eigenvalue weighted by Gasteiger charge is -2.18. The molecule has 0 fully saturated rings. The van der Waals surface area contributed by atoms with Crippen molar-refractivity contribution in [2.75, 3.05) is 14.1 Å². The van der Waals surface area contributed by atoms with Gasteiger partial charge in [0.1, 0.15) is 0 Å². The Morgan fingerprint density at radius 3 is 2.39 bits per heavy atom. The summed E-state index contributed by atoms with van der Waals surface area (Å²) in [4.78, 5) is 37.4. The fourth-order valence-electron chi connectivity index (χ4n) is 2.46. The highest BCUT2D eigenvalue weighted by molar-refractivity contribution is 5.90. The Kier molecular flexibility index (Phi) is 5.91. The number of likely N-dealkylation sites (N-methyl/N-ethyl adjacent to an activating group) is 1. The van der Waals surface area contributed by atoms with Crippen LogP contribution < -0.4 is 5.43 Å². The second-order valence-corrected chi connectivity index (χ2v) is 6.21. The zero-order valence-corrected chi connectivity index (χ0v) is 15.6. The van der Waals surface area contributed by atoms with Crippen LogP contribution in [-0.4, -0.2) is 46.8 Å². The lowest BCUT2D eigenvalue weighted by atomic mass is 10.1. The summed E-state index contributed by atoms with van der Waals surface area (Å²) < 4.78 is 45.7. The van der Waals surface area contributed by atoms with Crippen molar-refractivity contribution in [3.63, 3.8) is 0 Å². The molecule has 10 heteroatoms. The number of hydrogen-bond donors (Lipinski definition) is 0. The minimum atomic E-state index is -4.67. The van der Waals surface area contributed by atoms with Crippen LogP contribution in [0.4, 0.5) is 13.2 Å². The van der Waals surface area contributed by atoms with E-state index in [-0.39, 0.29) is 11.4 Å². The Labute approximate surface area is 158 Å². The zero-order chi connectivity index (χ0) is 21.2. The summed E-state index contributed by atoms with van der Waals surface area (Å²) >= 11 is 0. The molecule has 1 aromatic heterocycles. The van der Waals surface area contributed by atoms with Crippen LogP contribution in [0.5, 0.6) is 0 Å². The summed E-state index contributed by atoms with van der Waals surface area (Å²) in [5.74, 6) is -1.73. The first kappa shape index (κ1) is 21.1. The smallest absolute Gasteiger partial charge is 0.418 e. The van der Waals surface area contributed by atoms with Gasteiger partial charge in [-0.15, -0.1) is 0 Å². The van der Waals surface area contributed by atoms with Crippen LogP contribution in [0.1, 0.15) is 28.7 Å². The number of benzene rings is 1. The SMILES string of the molecule is Cc1cc(=O)c(C(=O)O[C@@H](C)C(=O)N(C)C)nn1-c1ccccc1C(F)(F)F. The number of para-hydroxylation sites is 1. The van der Waals surface area contributed by atoms with Crippen molar-refractivity contribution >= 4 is 11.9 Å². The molecule has 0 spiro atoms. The molecule has 0 aliphatic rings. The van der Waals surface area contributed by atoms with Crippen molar-refractivity contribution in [2.45, 2.75) is 26.1 Å². The van der Waals surface area contributed by atoms with Crippen LogP contribution >= 0.6 is 0 Å². The number of rotatable bonds is 4. The van der Waals surface area contributed by atoms with E-state index in [1.165, 1.54) is 51.0 Å². The molecule has 7 nitrogen and oxygen atoms in total. The highest BCUT2D eigenvalue weighted by Gasteiger charge is 2.34. The highest BCUT2D eigenvalue weighted by Crippen LogP contribution is 2.33. The minimum Gasteiger partial charge on any atom is -0.448 e. The minimum absolute atomic E-state index is 0.0932. The van der Waals surface area contributed by atoms with Crippen LogP contribution in [-0.2, 0) is 15.7 Å². The molecule has 1 heterocycles. The molecule has 0 aliphatic heterocycles. The number of aromatic nitrogens is 2. The first-order chi connectivity index (χ1) is 12.9. The number of esters is 1. The van der Waals surface area contributed by atoms with Gasteiger partial charge in [0.05, 0.1) is 11.3 Å². The Bertz CT molecular complexity index is 967. The standard InChI is InChI=1S/C18H18F3N3O4/c1-10-9-14(25)15(17(27)28-11(2)16(26)23(3)4)22-24(10)13-8-6-5-7-12(13)18(19,20)21/h5-9,11H,1-4H3/t11-/m0/s1. The van der Waals surface area contributed by atoms with E-state index >= 15 is 0 Å². The summed E-state index contributed by atoms with van der Waals surface area (Å²) in [7, 11) is 2.91. The fraction of sp³-hybridized carbons (Fsp3) is 0.333. The maximum Gasteiger partial charge on any atom is 0.418 e. The van der Waals surface area contributed by atoms with E-state index in [0.717, 1.165) is 16.8 Å². The molecular formula is C18H18F3N3O4. The fourth-order valence-corrected chi connectivity index (χ4v) is 2.46. The van der Waals surface area contributed by atoms with Crippen molar-refractivity contribution in [3.05, 3.63) is 57.5 Å². The van der Waals surface area contributed by atoms with Gasteiger partial charge in [-0.05, 0) is 26.0 Å². The molecule has 2 aromatic rings. The number of alkyl halides is 3. The maximum atomic E-state index is 13.3. The molecule has 2 rings (SSSR count). The highest BCUT2D eigenvalue weighted by atomic mass is 19.4. The van der Waals surface area contributed by atoms with Gasteiger partial charge in [-0.2, -0.15) is 18.3 Å². The van der Waals surface area contributed by atoms with Crippen LogP contribution in [0.25, 0.3) is 5.69 Å². The summed E-state index contributed by atoms with van der Waals surface area (Å²) in [5.41, 5.74) is -2.78. The molecule has 0 radical (unpaired) electrons. The first-order valence-corrected chi connectivity index (χ1v) is 8.13. The Balaban J connectivity index is 2.51. The number of halogens is 3. The van der Waals surface area contributed by atoms with Crippen LogP contribution in [0.15, 0.2) is 35.1 Å². The molecule has 0 N–H and O–H groups in total. The van der Waals surface area contributed by atoms with Gasteiger partial charge in [-0.3, -0.25) is 9.59 Å². The van der Waals surface area contributed by atoms with Crippen molar-refractivity contribution in [1.82, 2.24) is 14.7 Å². The van der Waals surface area contributed by atoms with Crippen molar-refractivity contribution in [3.8, 4) is 5.69 Å². The number of aryl methyl sites for hydroxylation is 1. The lowest BCUT2D eigenvalue weighted by molar-refractivity contribution is -0.138. The Morgan fingerprint density at radius 1 is 1.21 bits per heavy atom. The van der Waals surface area contributed by atoms with E-state index in [4.69, 9.17) is 4.74 Å². The molecule has 150 valence electrons. The van der Waals surface area contributed by atoms with Gasteiger partial charge >= 0.3 is 12.1 Å². The van der Waals surface area contributed by atoms with Crippen molar-refractivity contribution in [1.29, 1.82) is 0 Å². The summed E-state index contributed by atoms with van der Waals surface area (Å²) in [6.07, 6.45) is -5.86. The predicted molar refractivity (Wildman–Crippen MR) is 93.1 cm³/mol. The second-order valence-electron chi connectivity index (χ2n) is 6.21. The lowest BCUT2D eigenvalue weighted by Crippen LogP contribution is -2.36. The average molecular weight is 397 g/mol. The van der Waals surface area contributed by atoms with E-state index in [1.54, 1.807) is 0 Å². The summed E-state index contributed by atoms with van der Waals surface area (Å²) in [6, 6.07) is 5.60. The maximum absolute atomic E-state index is 13.3. The molecular weight excluding hydrogens is 379 g/mol. The number of amides is 1. The van der Waals surface area contributed by atoms with Crippen LogP contribution in [0.3, 0.4) is 0 Å². The molecule has 0 bridgehead atoms. The quantitative estimate of drug-likeness (QED) is 0.739. The van der Waals surface area contributed by atoms with Gasteiger partial charge in [-0.1, -0.05) is 12.1 Å². The Hall–Kier alpha value is -3.17. The Morgan fingerprint density at radius 2 is 1.82 bits per heavy atom. The third kappa shape index (κ3) is 4.38. The van der Waals surface area contributed by atoms with Crippen molar-refractivity contribution < 1.29 is 27.5 Å². The van der Waals surface area contributed by atoms with Gasteiger partial charge in [0.15, 0.2) is 6.10 Å². The molecule has 1 aromatic carbocycles. The second kappa shape index (κ2) is 7.83. The third-order valence-corrected chi connectivity index (χ3v) is 3.81. The zero-order valence-electron chi connectivity index (χ0n) is 15.6. The third-order valence-electron chi connectivity index (χ3n) is 3.81. The van der Waals surface area contributed by atoms with Crippen LogP contribution in [0.2, 0.25) is 0 Å². The van der Waals surface area contributed by atoms with E-state index in [0.29, 0.717) is 0 Å². The predicted octanol–water partition coefficient (Wildman–Crippen LogP) is 2.19. The van der Waals surface area contributed by atoms with Gasteiger partial charge in [0.25, 0.3) is 5.91 Å². The van der Waals surface area contributed by atoms with Gasteiger partial charge in [-0.25, -0.2) is 9.48 Å². The molecule has 0 saturated carbocycles. The summed E-state index contributed by atoms with van der Waals surface area (Å²) in [5, 5.41) is 3.78. The van der Waals surface area contributed by atoms with Crippen molar-refractivity contribution in [2.24, 2.45) is 0 Å². The molecule has 0 unspecified atom stereocenters. The number of nitrogens with zero attached hydrogens (tertiary/aromatic N) is 3.